The van der Waals surface area contributed by atoms with Gasteiger partial charge >= 0.3 is 0 Å². The molecule has 0 aliphatic heterocycles. The summed E-state index contributed by atoms with van der Waals surface area (Å²) < 4.78 is 5.51. The van der Waals surface area contributed by atoms with Gasteiger partial charge in [-0.2, -0.15) is 0 Å². The summed E-state index contributed by atoms with van der Waals surface area (Å²) in [6.07, 6.45) is 1.61. The van der Waals surface area contributed by atoms with Gasteiger partial charge in [0.05, 0.1) is 17.6 Å². The average Bonchev–Trinajstić information content (AvgIpc) is 3.55. The lowest BCUT2D eigenvalue weighted by Crippen LogP contribution is -2.30. The third-order valence-electron chi connectivity index (χ3n) is 6.71. The number of hydrogen-bond acceptors (Lipinski definition) is 7. The molecule has 0 aliphatic rings. The van der Waals surface area contributed by atoms with Gasteiger partial charge in [0.25, 0.3) is 11.8 Å². The molecule has 238 valence electrons. The zero-order valence-electron chi connectivity index (χ0n) is 25.5. The zero-order valence-corrected chi connectivity index (χ0v) is 27.9. The third kappa shape index (κ3) is 9.32. The van der Waals surface area contributed by atoms with E-state index >= 15 is 0 Å². The van der Waals surface area contributed by atoms with E-state index in [4.69, 9.17) is 16.3 Å². The summed E-state index contributed by atoms with van der Waals surface area (Å²) in [7, 11) is 0. The number of thiazole rings is 1. The molecule has 0 radical (unpaired) electrons. The molecule has 0 fully saturated rings. The van der Waals surface area contributed by atoms with Gasteiger partial charge in [0.15, 0.2) is 5.13 Å². The summed E-state index contributed by atoms with van der Waals surface area (Å²) in [5.74, 6) is -0.379. The SMILES string of the molecule is CCOc1ccc(/C=C(\NC(=O)c2ccccc2)C(=O)Nc2ccc(SC(C)C(=O)Nc3nc(-c4ccccc4Cl)cs3)cc2)cc1. The number of benzene rings is 4. The maximum Gasteiger partial charge on any atom is 0.272 e. The molecule has 5 rings (SSSR count). The Morgan fingerprint density at radius 1 is 0.915 bits per heavy atom. The van der Waals surface area contributed by atoms with Crippen LogP contribution in [0.4, 0.5) is 10.8 Å². The number of thioether (sulfide) groups is 1. The summed E-state index contributed by atoms with van der Waals surface area (Å²) in [6, 6.07) is 30.4. The van der Waals surface area contributed by atoms with Crippen LogP contribution < -0.4 is 20.7 Å². The van der Waals surface area contributed by atoms with Crippen molar-refractivity contribution in [2.75, 3.05) is 17.2 Å². The second-order valence-corrected chi connectivity index (χ2v) is 12.8. The molecule has 1 aromatic heterocycles. The monoisotopic (exact) mass is 682 g/mol. The smallest absolute Gasteiger partial charge is 0.272 e. The lowest BCUT2D eigenvalue weighted by Gasteiger charge is -2.13. The van der Waals surface area contributed by atoms with Crippen LogP contribution in [0.5, 0.6) is 5.75 Å². The van der Waals surface area contributed by atoms with E-state index in [1.165, 1.54) is 23.1 Å². The summed E-state index contributed by atoms with van der Waals surface area (Å²) in [4.78, 5) is 44.6. The van der Waals surface area contributed by atoms with Crippen LogP contribution in [-0.2, 0) is 9.59 Å². The Morgan fingerprint density at radius 2 is 1.62 bits per heavy atom. The van der Waals surface area contributed by atoms with E-state index in [1.807, 2.05) is 67.8 Å². The number of aromatic nitrogens is 1. The van der Waals surface area contributed by atoms with E-state index in [0.29, 0.717) is 45.0 Å². The van der Waals surface area contributed by atoms with Crippen molar-refractivity contribution < 1.29 is 19.1 Å². The lowest BCUT2D eigenvalue weighted by atomic mass is 10.1. The molecule has 1 unspecified atom stereocenters. The fourth-order valence-corrected chi connectivity index (χ4v) is 6.15. The molecule has 3 amide bonds. The van der Waals surface area contributed by atoms with Crippen LogP contribution in [0.2, 0.25) is 5.02 Å². The Hall–Kier alpha value is -4.90. The second kappa shape index (κ2) is 16.1. The molecule has 8 nitrogen and oxygen atoms in total. The molecule has 0 aliphatic carbocycles. The quantitative estimate of drug-likeness (QED) is 0.0901. The van der Waals surface area contributed by atoms with Crippen LogP contribution in [-0.4, -0.2) is 34.6 Å². The minimum absolute atomic E-state index is 0.0756. The fourth-order valence-electron chi connectivity index (χ4n) is 4.34. The Bertz CT molecular complexity index is 1880. The van der Waals surface area contributed by atoms with Crippen molar-refractivity contribution in [3.05, 3.63) is 130 Å². The lowest BCUT2D eigenvalue weighted by molar-refractivity contribution is -0.115. The average molecular weight is 683 g/mol. The molecule has 3 N–H and O–H groups in total. The van der Waals surface area contributed by atoms with Crippen LogP contribution in [0.25, 0.3) is 17.3 Å². The molecule has 11 heteroatoms. The number of anilines is 2. The molecule has 0 saturated heterocycles. The first-order chi connectivity index (χ1) is 22.8. The molecule has 0 spiro atoms. The van der Waals surface area contributed by atoms with E-state index in [0.717, 1.165) is 10.5 Å². The predicted molar refractivity (Wildman–Crippen MR) is 191 cm³/mol. The van der Waals surface area contributed by atoms with Crippen LogP contribution in [0, 0.1) is 0 Å². The molecule has 47 heavy (non-hydrogen) atoms. The fraction of sp³-hybridized carbons (Fsp3) is 0.111. The Balaban J connectivity index is 1.22. The molecule has 5 aromatic rings. The highest BCUT2D eigenvalue weighted by molar-refractivity contribution is 8.00. The number of amides is 3. The van der Waals surface area contributed by atoms with Gasteiger partial charge < -0.3 is 20.7 Å². The summed E-state index contributed by atoms with van der Waals surface area (Å²) >= 11 is 8.99. The Kier molecular flexibility index (Phi) is 11.5. The van der Waals surface area contributed by atoms with Crippen molar-refractivity contribution >= 4 is 69.3 Å². The van der Waals surface area contributed by atoms with E-state index in [2.05, 4.69) is 20.9 Å². The first kappa shape index (κ1) is 33.5. The highest BCUT2D eigenvalue weighted by Gasteiger charge is 2.18. The number of carbonyl (C=O) groups excluding carboxylic acids is 3. The first-order valence-electron chi connectivity index (χ1n) is 14.7. The highest BCUT2D eigenvalue weighted by atomic mass is 35.5. The maximum atomic E-state index is 13.4. The molecular weight excluding hydrogens is 652 g/mol. The van der Waals surface area contributed by atoms with E-state index in [-0.39, 0.29) is 11.6 Å². The predicted octanol–water partition coefficient (Wildman–Crippen LogP) is 8.39. The largest absolute Gasteiger partial charge is 0.494 e. The van der Waals surface area contributed by atoms with Crippen molar-refractivity contribution in [1.82, 2.24) is 10.3 Å². The van der Waals surface area contributed by atoms with Gasteiger partial charge in [0.2, 0.25) is 5.91 Å². The third-order valence-corrected chi connectivity index (χ3v) is 8.91. The van der Waals surface area contributed by atoms with E-state index < -0.39 is 17.1 Å². The van der Waals surface area contributed by atoms with Crippen molar-refractivity contribution in [2.24, 2.45) is 0 Å². The van der Waals surface area contributed by atoms with Gasteiger partial charge in [-0.1, -0.05) is 60.1 Å². The molecule has 0 saturated carbocycles. The Labute approximate surface area is 286 Å². The first-order valence-corrected chi connectivity index (χ1v) is 16.8. The van der Waals surface area contributed by atoms with Crippen molar-refractivity contribution in [1.29, 1.82) is 0 Å². The minimum atomic E-state index is -0.490. The van der Waals surface area contributed by atoms with Crippen molar-refractivity contribution in [2.45, 2.75) is 24.0 Å². The Morgan fingerprint density at radius 3 is 2.32 bits per heavy atom. The van der Waals surface area contributed by atoms with Gasteiger partial charge in [0, 0.05) is 32.1 Å². The van der Waals surface area contributed by atoms with Gasteiger partial charge in [-0.3, -0.25) is 14.4 Å². The topological polar surface area (TPSA) is 109 Å². The van der Waals surface area contributed by atoms with Crippen LogP contribution in [0.1, 0.15) is 29.8 Å². The number of hydrogen-bond donors (Lipinski definition) is 3. The standard InChI is InChI=1S/C36H31ClN4O4S2/c1-3-45-27-17-13-24(14-18-27)21-31(39-34(43)25-9-5-4-6-10-25)35(44)38-26-15-19-28(20-16-26)47-23(2)33(42)41-36-40-32(22-46-36)29-11-7-8-12-30(29)37/h4-23H,3H2,1-2H3,(H,38,44)(H,39,43)(H,40,41,42)/b31-21-. The summed E-state index contributed by atoms with van der Waals surface area (Å²) in [6.45, 7) is 4.25. The number of nitrogens with zero attached hydrogens (tertiary/aromatic N) is 1. The number of carbonyl (C=O) groups is 3. The van der Waals surface area contributed by atoms with Crippen molar-refractivity contribution in [3.8, 4) is 17.0 Å². The number of halogens is 1. The summed E-state index contributed by atoms with van der Waals surface area (Å²) in [5, 5.41) is 11.0. The second-order valence-electron chi connectivity index (χ2n) is 10.1. The molecule has 0 bridgehead atoms. The van der Waals surface area contributed by atoms with Gasteiger partial charge in [0.1, 0.15) is 11.4 Å². The molecular formula is C36H31ClN4O4S2. The van der Waals surface area contributed by atoms with Crippen LogP contribution in [0.15, 0.2) is 119 Å². The number of rotatable bonds is 12. The maximum absolute atomic E-state index is 13.4. The number of nitrogens with one attached hydrogen (secondary N) is 3. The van der Waals surface area contributed by atoms with E-state index in [9.17, 15) is 14.4 Å². The zero-order chi connectivity index (χ0) is 33.2. The van der Waals surface area contributed by atoms with Gasteiger partial charge in [-0.05, 0) is 80.1 Å². The number of ether oxygens (including phenoxy) is 1. The van der Waals surface area contributed by atoms with Gasteiger partial charge in [-0.25, -0.2) is 4.98 Å². The molecule has 4 aromatic carbocycles. The minimum Gasteiger partial charge on any atom is -0.494 e. The molecule has 1 heterocycles. The van der Waals surface area contributed by atoms with Gasteiger partial charge in [-0.15, -0.1) is 23.1 Å². The van der Waals surface area contributed by atoms with Crippen molar-refractivity contribution in [3.63, 3.8) is 0 Å². The highest BCUT2D eigenvalue weighted by Crippen LogP contribution is 2.31. The normalized spacial score (nSPS) is 11.8. The van der Waals surface area contributed by atoms with E-state index in [1.54, 1.807) is 60.7 Å². The molecule has 1 atom stereocenters. The summed E-state index contributed by atoms with van der Waals surface area (Å²) in [5.41, 5.74) is 3.24. The van der Waals surface area contributed by atoms with Crippen LogP contribution >= 0.6 is 34.7 Å². The van der Waals surface area contributed by atoms with Crippen LogP contribution in [0.3, 0.4) is 0 Å².